The van der Waals surface area contributed by atoms with Crippen molar-refractivity contribution in [3.8, 4) is 11.1 Å². The van der Waals surface area contributed by atoms with Crippen LogP contribution in [-0.2, 0) is 0 Å². The first kappa shape index (κ1) is 25.9. The summed E-state index contributed by atoms with van der Waals surface area (Å²) in [6.45, 7) is 13.5. The number of hydrogen-bond acceptors (Lipinski definition) is 6. The summed E-state index contributed by atoms with van der Waals surface area (Å²) in [6, 6.07) is 6.69. The van der Waals surface area contributed by atoms with Gasteiger partial charge in [0.1, 0.15) is 5.82 Å². The Morgan fingerprint density at radius 1 is 1.09 bits per heavy atom. The Kier molecular flexibility index (Phi) is 8.52. The number of urea groups is 1. The van der Waals surface area contributed by atoms with E-state index in [1.807, 2.05) is 26.8 Å². The molecule has 0 atom stereocenters. The molecule has 3 rings (SSSR count). The van der Waals surface area contributed by atoms with Crippen molar-refractivity contribution < 1.29 is 4.79 Å². The van der Waals surface area contributed by atoms with Crippen molar-refractivity contribution in [1.82, 2.24) is 25.2 Å². The predicted octanol–water partition coefficient (Wildman–Crippen LogP) is 5.67. The normalized spacial score (nSPS) is 11.6. The van der Waals surface area contributed by atoms with E-state index in [1.54, 1.807) is 24.4 Å². The van der Waals surface area contributed by atoms with Gasteiger partial charge in [0.2, 0.25) is 5.95 Å². The maximum absolute atomic E-state index is 12.7. The minimum Gasteiger partial charge on any atom is -0.353 e. The Morgan fingerprint density at radius 3 is 2.38 bits per heavy atom. The van der Waals surface area contributed by atoms with Gasteiger partial charge in [-0.05, 0) is 52.1 Å². The zero-order valence-electron chi connectivity index (χ0n) is 20.2. The fraction of sp³-hybridized carbons (Fsp3) is 0.417. The molecule has 1 aromatic carbocycles. The quantitative estimate of drug-likeness (QED) is 0.366. The van der Waals surface area contributed by atoms with E-state index in [4.69, 9.17) is 23.2 Å². The first-order valence-electron chi connectivity index (χ1n) is 11.3. The highest BCUT2D eigenvalue weighted by molar-refractivity contribution is 6.39. The number of anilines is 2. The van der Waals surface area contributed by atoms with Crippen molar-refractivity contribution in [2.75, 3.05) is 36.8 Å². The van der Waals surface area contributed by atoms with Crippen LogP contribution in [0.4, 0.5) is 16.6 Å². The fourth-order valence-corrected chi connectivity index (χ4v) is 4.04. The number of hydrogen-bond donors (Lipinski definition) is 3. The molecule has 0 fully saturated rings. The average Bonchev–Trinajstić information content (AvgIpc) is 2.75. The van der Waals surface area contributed by atoms with E-state index in [1.165, 1.54) is 0 Å². The van der Waals surface area contributed by atoms with Crippen molar-refractivity contribution in [3.05, 3.63) is 40.5 Å². The molecule has 34 heavy (non-hydrogen) atoms. The zero-order valence-corrected chi connectivity index (χ0v) is 21.7. The van der Waals surface area contributed by atoms with Gasteiger partial charge in [-0.25, -0.2) is 14.8 Å². The van der Waals surface area contributed by atoms with E-state index in [-0.39, 0.29) is 0 Å². The second-order valence-electron chi connectivity index (χ2n) is 8.87. The van der Waals surface area contributed by atoms with Crippen LogP contribution in [0.5, 0.6) is 0 Å². The molecule has 0 saturated heterocycles. The van der Waals surface area contributed by atoms with Crippen molar-refractivity contribution in [3.63, 3.8) is 0 Å². The summed E-state index contributed by atoms with van der Waals surface area (Å²) in [6.07, 6.45) is 1.70. The number of likely N-dealkylation sites (N-methyl/N-ethyl adjacent to an activating group) is 1. The Hall–Kier alpha value is -2.68. The lowest BCUT2D eigenvalue weighted by molar-refractivity contribution is 0.243. The van der Waals surface area contributed by atoms with Crippen LogP contribution < -0.4 is 16.0 Å². The third kappa shape index (κ3) is 6.68. The molecule has 0 spiro atoms. The first-order chi connectivity index (χ1) is 16.1. The minimum absolute atomic E-state index is 0.303. The van der Waals surface area contributed by atoms with Crippen LogP contribution in [0.2, 0.25) is 10.0 Å². The number of pyridine rings is 1. The number of carbonyl (C=O) groups excluding carboxylic acids is 1. The van der Waals surface area contributed by atoms with Crippen LogP contribution >= 0.6 is 23.2 Å². The van der Waals surface area contributed by atoms with Gasteiger partial charge in [0.25, 0.3) is 0 Å². The molecular formula is C24H31Cl2N7O. The molecule has 0 aliphatic rings. The monoisotopic (exact) mass is 503 g/mol. The standard InChI is InChI=1S/C24H31Cl2N7O/c1-6-33(7-2)12-11-27-22-28-14-15-13-16(19-17(25)9-8-10-18(19)26)21(29-20(15)30-22)31-23(34)32-24(3,4)5/h8-10,13-14H,6-7,11-12H2,1-5H3,(H3,27,28,29,30,31,32,34). The second-order valence-corrected chi connectivity index (χ2v) is 9.68. The molecule has 10 heteroatoms. The highest BCUT2D eigenvalue weighted by Gasteiger charge is 2.20. The molecule has 0 aliphatic heterocycles. The predicted molar refractivity (Wildman–Crippen MR) is 141 cm³/mol. The van der Waals surface area contributed by atoms with Gasteiger partial charge in [0, 0.05) is 41.3 Å². The zero-order chi connectivity index (χ0) is 24.9. The largest absolute Gasteiger partial charge is 0.353 e. The van der Waals surface area contributed by atoms with E-state index in [9.17, 15) is 4.79 Å². The average molecular weight is 504 g/mol. The molecule has 2 heterocycles. The molecule has 0 aliphatic carbocycles. The van der Waals surface area contributed by atoms with Crippen LogP contribution in [0.15, 0.2) is 30.5 Å². The third-order valence-corrected chi connectivity index (χ3v) is 5.76. The van der Waals surface area contributed by atoms with E-state index in [0.717, 1.165) is 19.6 Å². The molecule has 0 saturated carbocycles. The van der Waals surface area contributed by atoms with Crippen LogP contribution in [0.3, 0.4) is 0 Å². The lowest BCUT2D eigenvalue weighted by Gasteiger charge is -2.21. The lowest BCUT2D eigenvalue weighted by Crippen LogP contribution is -2.43. The van der Waals surface area contributed by atoms with Crippen LogP contribution in [-0.4, -0.2) is 57.6 Å². The van der Waals surface area contributed by atoms with Crippen LogP contribution in [0, 0.1) is 0 Å². The van der Waals surface area contributed by atoms with Crippen molar-refractivity contribution in [1.29, 1.82) is 0 Å². The number of fused-ring (bicyclic) bond motifs is 1. The molecule has 182 valence electrons. The maximum Gasteiger partial charge on any atom is 0.320 e. The fourth-order valence-electron chi connectivity index (χ4n) is 3.43. The second kappa shape index (κ2) is 11.2. The number of halogens is 2. The van der Waals surface area contributed by atoms with Gasteiger partial charge in [-0.1, -0.05) is 43.1 Å². The van der Waals surface area contributed by atoms with E-state index >= 15 is 0 Å². The van der Waals surface area contributed by atoms with E-state index < -0.39 is 11.6 Å². The topological polar surface area (TPSA) is 95.1 Å². The molecule has 0 unspecified atom stereocenters. The molecule has 2 aromatic heterocycles. The summed E-state index contributed by atoms with van der Waals surface area (Å²) in [5.74, 6) is 0.776. The third-order valence-electron chi connectivity index (χ3n) is 5.13. The van der Waals surface area contributed by atoms with Gasteiger partial charge in [-0.2, -0.15) is 4.98 Å². The van der Waals surface area contributed by atoms with Crippen LogP contribution in [0.25, 0.3) is 22.2 Å². The Balaban J connectivity index is 2.00. The van der Waals surface area contributed by atoms with Gasteiger partial charge < -0.3 is 15.5 Å². The number of aromatic nitrogens is 3. The van der Waals surface area contributed by atoms with E-state index in [2.05, 4.69) is 49.6 Å². The number of nitrogens with zero attached hydrogens (tertiary/aromatic N) is 4. The van der Waals surface area contributed by atoms with Gasteiger partial charge in [0.15, 0.2) is 5.65 Å². The SMILES string of the molecule is CCN(CC)CCNc1ncc2cc(-c3c(Cl)cccc3Cl)c(NC(=O)NC(C)(C)C)nc2n1. The van der Waals surface area contributed by atoms with Gasteiger partial charge in [0.05, 0.1) is 10.0 Å². The highest BCUT2D eigenvalue weighted by atomic mass is 35.5. The van der Waals surface area contributed by atoms with Crippen molar-refractivity contribution in [2.45, 2.75) is 40.2 Å². The molecule has 3 aromatic rings. The summed E-state index contributed by atoms with van der Waals surface area (Å²) < 4.78 is 0. The highest BCUT2D eigenvalue weighted by Crippen LogP contribution is 2.39. The summed E-state index contributed by atoms with van der Waals surface area (Å²) in [7, 11) is 0. The number of benzene rings is 1. The number of amides is 2. The number of nitrogens with one attached hydrogen (secondary N) is 3. The van der Waals surface area contributed by atoms with Gasteiger partial charge >= 0.3 is 6.03 Å². The van der Waals surface area contributed by atoms with Gasteiger partial charge in [-0.15, -0.1) is 0 Å². The Labute approximate surface area is 210 Å². The summed E-state index contributed by atoms with van der Waals surface area (Å²) in [5, 5.41) is 10.6. The Bertz CT molecular complexity index is 1140. The van der Waals surface area contributed by atoms with Crippen LogP contribution in [0.1, 0.15) is 34.6 Å². The molecule has 0 bridgehead atoms. The molecule has 0 radical (unpaired) electrons. The Morgan fingerprint density at radius 2 is 1.76 bits per heavy atom. The number of carbonyl (C=O) groups is 1. The molecule has 2 amide bonds. The summed E-state index contributed by atoms with van der Waals surface area (Å²) >= 11 is 13.0. The van der Waals surface area contributed by atoms with Crippen molar-refractivity contribution in [2.24, 2.45) is 0 Å². The van der Waals surface area contributed by atoms with Crippen molar-refractivity contribution >= 4 is 52.0 Å². The summed E-state index contributed by atoms with van der Waals surface area (Å²) in [4.78, 5) is 28.6. The smallest absolute Gasteiger partial charge is 0.320 e. The van der Waals surface area contributed by atoms with Gasteiger partial charge in [-0.3, -0.25) is 5.32 Å². The molecule has 8 nitrogen and oxygen atoms in total. The lowest BCUT2D eigenvalue weighted by atomic mass is 10.0. The minimum atomic E-state index is -0.423. The maximum atomic E-state index is 12.7. The van der Waals surface area contributed by atoms with E-state index in [0.29, 0.717) is 50.5 Å². The summed E-state index contributed by atoms with van der Waals surface area (Å²) in [5.41, 5.74) is 1.18. The molecular weight excluding hydrogens is 473 g/mol. The molecule has 3 N–H and O–H groups in total. The number of rotatable bonds is 8. The first-order valence-corrected chi connectivity index (χ1v) is 12.0.